The van der Waals surface area contributed by atoms with Crippen molar-refractivity contribution in [3.8, 4) is 17.1 Å². The largest absolute Gasteiger partial charge is 0.474 e. The van der Waals surface area contributed by atoms with Crippen molar-refractivity contribution in [3.05, 3.63) is 36.0 Å². The second kappa shape index (κ2) is 8.20. The normalized spacial score (nSPS) is 21.8. The molecule has 1 amide bonds. The third-order valence-corrected chi connectivity index (χ3v) is 7.75. The summed E-state index contributed by atoms with van der Waals surface area (Å²) in [7, 11) is 0.929. The van der Waals surface area contributed by atoms with Crippen molar-refractivity contribution in [2.24, 2.45) is 13.0 Å². The average Bonchev–Trinajstić information content (AvgIpc) is 3.47. The molecule has 2 aliphatic rings. The summed E-state index contributed by atoms with van der Waals surface area (Å²) in [5.41, 5.74) is 4.61. The SMILES string of the molecule is Cc1cc(-c2cc3nn(C)cc3c(OC(C)C3CNC(=O)C3)n2)ccc1N1CCCS1=O. The minimum absolute atomic E-state index is 0.0631. The van der Waals surface area contributed by atoms with Gasteiger partial charge in [0.15, 0.2) is 0 Å². The van der Waals surface area contributed by atoms with Crippen LogP contribution >= 0.6 is 0 Å². The Balaban J connectivity index is 1.50. The number of hydrogen-bond acceptors (Lipinski definition) is 5. The second-order valence-electron chi connectivity index (χ2n) is 8.62. The van der Waals surface area contributed by atoms with Crippen LogP contribution in [-0.2, 0) is 22.8 Å². The molecule has 4 heterocycles. The van der Waals surface area contributed by atoms with Crippen LogP contribution in [0.2, 0.25) is 0 Å². The van der Waals surface area contributed by atoms with Crippen LogP contribution in [0.1, 0.15) is 25.3 Å². The highest BCUT2D eigenvalue weighted by Crippen LogP contribution is 2.33. The van der Waals surface area contributed by atoms with Crippen molar-refractivity contribution in [2.45, 2.75) is 32.8 Å². The van der Waals surface area contributed by atoms with Gasteiger partial charge in [0.2, 0.25) is 11.8 Å². The fraction of sp³-hybridized carbons (Fsp3) is 0.435. The van der Waals surface area contributed by atoms with E-state index in [1.807, 2.05) is 49.6 Å². The Morgan fingerprint density at radius 1 is 1.31 bits per heavy atom. The molecule has 3 aromatic rings. The van der Waals surface area contributed by atoms with Gasteiger partial charge in [-0.1, -0.05) is 6.07 Å². The molecule has 0 spiro atoms. The van der Waals surface area contributed by atoms with E-state index in [1.165, 1.54) is 0 Å². The number of nitrogens with one attached hydrogen (secondary N) is 1. The fourth-order valence-corrected chi connectivity index (χ4v) is 5.80. The van der Waals surface area contributed by atoms with Crippen LogP contribution in [0.4, 0.5) is 5.69 Å². The molecule has 0 aliphatic carbocycles. The number of amides is 1. The summed E-state index contributed by atoms with van der Waals surface area (Å²) < 4.78 is 22.3. The predicted octanol–water partition coefficient (Wildman–Crippen LogP) is 2.72. The number of anilines is 1. The monoisotopic (exact) mass is 453 g/mol. The van der Waals surface area contributed by atoms with Crippen LogP contribution in [0.25, 0.3) is 22.2 Å². The van der Waals surface area contributed by atoms with Crippen molar-refractivity contribution < 1.29 is 13.7 Å². The van der Waals surface area contributed by atoms with Gasteiger partial charge in [-0.15, -0.1) is 0 Å². The number of fused-ring (bicyclic) bond motifs is 1. The highest BCUT2D eigenvalue weighted by Gasteiger charge is 2.29. The highest BCUT2D eigenvalue weighted by molar-refractivity contribution is 7.86. The van der Waals surface area contributed by atoms with E-state index >= 15 is 0 Å². The minimum atomic E-state index is -0.947. The number of aromatic nitrogens is 3. The first-order valence-electron chi connectivity index (χ1n) is 10.9. The maximum absolute atomic E-state index is 12.3. The summed E-state index contributed by atoms with van der Waals surface area (Å²) in [4.78, 5) is 16.5. The molecular weight excluding hydrogens is 426 g/mol. The number of carbonyl (C=O) groups excluding carboxylic acids is 1. The third kappa shape index (κ3) is 3.85. The topological polar surface area (TPSA) is 89.3 Å². The standard InChI is InChI=1S/C23H27N5O3S/c1-14-9-16(5-6-21(14)28-7-4-8-32(28)30)19-11-20-18(13-27(3)26-20)23(25-19)31-15(2)17-10-22(29)24-12-17/h5-6,9,11,13,15,17H,4,7-8,10,12H2,1-3H3,(H,24,29). The zero-order chi connectivity index (χ0) is 22.4. The molecule has 168 valence electrons. The molecule has 0 bridgehead atoms. The minimum Gasteiger partial charge on any atom is -0.474 e. The molecule has 2 aromatic heterocycles. The lowest BCUT2D eigenvalue weighted by atomic mass is 10.0. The summed E-state index contributed by atoms with van der Waals surface area (Å²) in [6.45, 7) is 5.46. The Kier molecular flexibility index (Phi) is 5.36. The average molecular weight is 454 g/mol. The summed E-state index contributed by atoms with van der Waals surface area (Å²) in [6, 6.07) is 8.09. The molecule has 9 heteroatoms. The molecule has 3 atom stereocenters. The molecule has 2 aliphatic heterocycles. The Bertz CT molecular complexity index is 1220. The summed E-state index contributed by atoms with van der Waals surface area (Å²) in [6.07, 6.45) is 3.17. The molecular formula is C23H27N5O3S. The van der Waals surface area contributed by atoms with E-state index in [0.717, 1.165) is 52.1 Å². The first-order valence-corrected chi connectivity index (χ1v) is 12.2. The zero-order valence-electron chi connectivity index (χ0n) is 18.5. The van der Waals surface area contributed by atoms with Crippen LogP contribution < -0.4 is 14.4 Å². The van der Waals surface area contributed by atoms with E-state index in [0.29, 0.717) is 18.8 Å². The highest BCUT2D eigenvalue weighted by atomic mass is 32.2. The van der Waals surface area contributed by atoms with Crippen LogP contribution in [0.15, 0.2) is 30.5 Å². The van der Waals surface area contributed by atoms with Gasteiger partial charge in [0.05, 0.1) is 22.3 Å². The van der Waals surface area contributed by atoms with E-state index in [4.69, 9.17) is 9.72 Å². The Morgan fingerprint density at radius 2 is 2.16 bits per heavy atom. The van der Waals surface area contributed by atoms with Crippen LogP contribution in [-0.4, -0.2) is 49.8 Å². The zero-order valence-corrected chi connectivity index (χ0v) is 19.3. The summed E-state index contributed by atoms with van der Waals surface area (Å²) in [5, 5.41) is 8.29. The van der Waals surface area contributed by atoms with Gasteiger partial charge in [-0.05, 0) is 44.0 Å². The van der Waals surface area contributed by atoms with Gasteiger partial charge in [0, 0.05) is 50.0 Å². The van der Waals surface area contributed by atoms with Crippen molar-refractivity contribution >= 4 is 33.5 Å². The molecule has 32 heavy (non-hydrogen) atoms. The van der Waals surface area contributed by atoms with Crippen LogP contribution in [0.3, 0.4) is 0 Å². The van der Waals surface area contributed by atoms with E-state index < -0.39 is 11.0 Å². The number of aryl methyl sites for hydroxylation is 2. The molecule has 1 N–H and O–H groups in total. The molecule has 2 fully saturated rings. The number of ether oxygens (including phenoxy) is 1. The van der Waals surface area contributed by atoms with Gasteiger partial charge in [-0.3, -0.25) is 13.8 Å². The number of nitrogens with zero attached hydrogens (tertiary/aromatic N) is 4. The second-order valence-corrected chi connectivity index (χ2v) is 10.1. The van der Waals surface area contributed by atoms with E-state index in [1.54, 1.807) is 4.68 Å². The fourth-order valence-electron chi connectivity index (χ4n) is 4.45. The summed E-state index contributed by atoms with van der Waals surface area (Å²) in [5.74, 6) is 1.43. The van der Waals surface area contributed by atoms with Crippen molar-refractivity contribution in [2.75, 3.05) is 23.1 Å². The van der Waals surface area contributed by atoms with Gasteiger partial charge in [0.25, 0.3) is 0 Å². The first kappa shape index (κ1) is 20.9. The summed E-state index contributed by atoms with van der Waals surface area (Å²) >= 11 is 0. The smallest absolute Gasteiger partial charge is 0.225 e. The van der Waals surface area contributed by atoms with Crippen molar-refractivity contribution in [3.63, 3.8) is 0 Å². The van der Waals surface area contributed by atoms with Gasteiger partial charge < -0.3 is 10.1 Å². The van der Waals surface area contributed by atoms with E-state index in [9.17, 15) is 9.00 Å². The molecule has 0 radical (unpaired) electrons. The van der Waals surface area contributed by atoms with E-state index in [-0.39, 0.29) is 17.9 Å². The number of hydrogen-bond donors (Lipinski definition) is 1. The van der Waals surface area contributed by atoms with Gasteiger partial charge in [0.1, 0.15) is 17.1 Å². The Morgan fingerprint density at radius 3 is 2.84 bits per heavy atom. The van der Waals surface area contributed by atoms with Crippen LogP contribution in [0.5, 0.6) is 5.88 Å². The lowest BCUT2D eigenvalue weighted by Crippen LogP contribution is -2.26. The predicted molar refractivity (Wildman–Crippen MR) is 125 cm³/mol. The molecule has 1 aromatic carbocycles. The van der Waals surface area contributed by atoms with Crippen molar-refractivity contribution in [1.82, 2.24) is 20.1 Å². The maximum Gasteiger partial charge on any atom is 0.225 e. The molecule has 8 nitrogen and oxygen atoms in total. The Hall–Kier alpha value is -2.94. The molecule has 2 saturated heterocycles. The lowest BCUT2D eigenvalue weighted by Gasteiger charge is -2.20. The number of rotatable bonds is 5. The Labute approximate surface area is 189 Å². The molecule has 5 rings (SSSR count). The quantitative estimate of drug-likeness (QED) is 0.642. The molecule has 3 unspecified atom stereocenters. The number of pyridine rings is 1. The maximum atomic E-state index is 12.3. The molecule has 0 saturated carbocycles. The van der Waals surface area contributed by atoms with E-state index in [2.05, 4.69) is 16.5 Å². The lowest BCUT2D eigenvalue weighted by molar-refractivity contribution is -0.119. The van der Waals surface area contributed by atoms with Gasteiger partial charge in [-0.25, -0.2) is 9.19 Å². The third-order valence-electron chi connectivity index (χ3n) is 6.24. The van der Waals surface area contributed by atoms with Gasteiger partial charge >= 0.3 is 0 Å². The number of benzene rings is 1. The number of carbonyl (C=O) groups is 1. The first-order chi connectivity index (χ1) is 15.4. The van der Waals surface area contributed by atoms with Crippen molar-refractivity contribution in [1.29, 1.82) is 0 Å². The van der Waals surface area contributed by atoms with Gasteiger partial charge in [-0.2, -0.15) is 5.10 Å². The van der Waals surface area contributed by atoms with Crippen LogP contribution in [0, 0.1) is 12.8 Å².